The zero-order valence-corrected chi connectivity index (χ0v) is 14.6. The van der Waals surface area contributed by atoms with Crippen LogP contribution in [0.4, 0.5) is 20.4 Å². The van der Waals surface area contributed by atoms with Gasteiger partial charge in [0.25, 0.3) is 0 Å². The summed E-state index contributed by atoms with van der Waals surface area (Å²) >= 11 is 0. The van der Waals surface area contributed by atoms with Gasteiger partial charge in [-0.3, -0.25) is 9.88 Å². The third-order valence-electron chi connectivity index (χ3n) is 5.10. The van der Waals surface area contributed by atoms with Crippen LogP contribution in [-0.2, 0) is 6.54 Å². The molecule has 8 heteroatoms. The van der Waals surface area contributed by atoms with E-state index < -0.39 is 11.6 Å². The molecule has 2 aromatic rings. The fourth-order valence-electron chi connectivity index (χ4n) is 3.58. The molecule has 0 spiro atoms. The Kier molecular flexibility index (Phi) is 4.92. The van der Waals surface area contributed by atoms with Crippen molar-refractivity contribution in [3.8, 4) is 0 Å². The maximum Gasteiger partial charge on any atom is 0.148 e. The normalized spacial score (nSPS) is 18.5. The Hall–Kier alpha value is -2.35. The van der Waals surface area contributed by atoms with E-state index in [1.807, 2.05) is 6.07 Å². The van der Waals surface area contributed by atoms with Crippen molar-refractivity contribution in [1.29, 1.82) is 0 Å². The Labute approximate surface area is 151 Å². The van der Waals surface area contributed by atoms with Crippen LogP contribution in [-0.4, -0.2) is 59.1 Å². The third kappa shape index (κ3) is 3.60. The molecule has 0 saturated carbocycles. The topological polar surface area (TPSA) is 48.4 Å². The van der Waals surface area contributed by atoms with E-state index in [9.17, 15) is 8.78 Å². The summed E-state index contributed by atoms with van der Waals surface area (Å²) in [5.41, 5.74) is 0.0896. The second kappa shape index (κ2) is 7.49. The van der Waals surface area contributed by atoms with Crippen LogP contribution >= 0.6 is 0 Å². The van der Waals surface area contributed by atoms with Crippen LogP contribution in [0, 0.1) is 11.6 Å². The highest BCUT2D eigenvalue weighted by atomic mass is 19.1. The predicted octanol–water partition coefficient (Wildman–Crippen LogP) is 2.07. The van der Waals surface area contributed by atoms with Gasteiger partial charge in [-0.2, -0.15) is 0 Å². The quantitative estimate of drug-likeness (QED) is 0.832. The summed E-state index contributed by atoms with van der Waals surface area (Å²) in [5, 5.41) is 0. The molecule has 0 N–H and O–H groups in total. The molecule has 0 amide bonds. The van der Waals surface area contributed by atoms with Crippen LogP contribution in [0.1, 0.15) is 18.4 Å². The molecule has 6 nitrogen and oxygen atoms in total. The van der Waals surface area contributed by atoms with Crippen LogP contribution in [0.25, 0.3) is 0 Å². The van der Waals surface area contributed by atoms with E-state index in [2.05, 4.69) is 29.7 Å². The zero-order chi connectivity index (χ0) is 17.9. The second-order valence-electron chi connectivity index (χ2n) is 6.77. The van der Waals surface area contributed by atoms with Crippen LogP contribution < -0.4 is 9.80 Å². The summed E-state index contributed by atoms with van der Waals surface area (Å²) in [7, 11) is 0. The van der Waals surface area contributed by atoms with Crippen molar-refractivity contribution in [2.75, 3.05) is 49.1 Å². The van der Waals surface area contributed by atoms with Crippen LogP contribution in [0.3, 0.4) is 0 Å². The van der Waals surface area contributed by atoms with Crippen molar-refractivity contribution >= 4 is 11.6 Å². The number of anilines is 2. The van der Waals surface area contributed by atoms with Crippen LogP contribution in [0.2, 0.25) is 0 Å². The molecule has 2 aliphatic heterocycles. The van der Waals surface area contributed by atoms with Gasteiger partial charge in [-0.05, 0) is 12.8 Å². The lowest BCUT2D eigenvalue weighted by Crippen LogP contribution is -2.46. The van der Waals surface area contributed by atoms with Gasteiger partial charge < -0.3 is 9.80 Å². The van der Waals surface area contributed by atoms with Crippen molar-refractivity contribution in [3.05, 3.63) is 42.0 Å². The summed E-state index contributed by atoms with van der Waals surface area (Å²) in [6.07, 6.45) is 6.17. The van der Waals surface area contributed by atoms with Gasteiger partial charge >= 0.3 is 0 Å². The first kappa shape index (κ1) is 17.1. The molecular formula is C18H22F2N6. The van der Waals surface area contributed by atoms with Crippen LogP contribution in [0.15, 0.2) is 24.8 Å². The Morgan fingerprint density at radius 2 is 1.38 bits per heavy atom. The molecule has 0 bridgehead atoms. The highest BCUT2D eigenvalue weighted by Gasteiger charge is 2.22. The molecule has 4 heterocycles. The SMILES string of the molecule is Fc1cncc(F)c1CN1CCN(c2cc(N3CCCC3)ncn2)CC1. The summed E-state index contributed by atoms with van der Waals surface area (Å²) in [4.78, 5) is 18.9. The van der Waals surface area contributed by atoms with Gasteiger partial charge in [0.05, 0.1) is 12.4 Å². The highest BCUT2D eigenvalue weighted by molar-refractivity contribution is 5.50. The summed E-state index contributed by atoms with van der Waals surface area (Å²) in [6, 6.07) is 2.04. The first-order valence-corrected chi connectivity index (χ1v) is 9.03. The molecule has 0 aromatic carbocycles. The molecule has 138 valence electrons. The minimum atomic E-state index is -0.585. The van der Waals surface area contributed by atoms with Gasteiger partial charge in [0.15, 0.2) is 0 Å². The molecule has 2 aliphatic rings. The first-order valence-electron chi connectivity index (χ1n) is 9.03. The van der Waals surface area contributed by atoms with E-state index in [1.54, 1.807) is 6.33 Å². The Bertz CT molecular complexity index is 737. The molecule has 2 saturated heterocycles. The number of nitrogens with zero attached hydrogens (tertiary/aromatic N) is 6. The van der Waals surface area contributed by atoms with Gasteiger partial charge in [0.1, 0.15) is 29.6 Å². The molecule has 26 heavy (non-hydrogen) atoms. The minimum Gasteiger partial charge on any atom is -0.356 e. The molecule has 0 atom stereocenters. The van der Waals surface area contributed by atoms with E-state index >= 15 is 0 Å². The van der Waals surface area contributed by atoms with E-state index in [1.165, 1.54) is 12.8 Å². The number of pyridine rings is 1. The van der Waals surface area contributed by atoms with Gasteiger partial charge in [-0.15, -0.1) is 0 Å². The summed E-state index contributed by atoms with van der Waals surface area (Å²) in [5.74, 6) is 0.732. The number of halogens is 2. The fourth-order valence-corrected chi connectivity index (χ4v) is 3.58. The smallest absolute Gasteiger partial charge is 0.148 e. The van der Waals surface area contributed by atoms with E-state index in [0.29, 0.717) is 0 Å². The first-order chi connectivity index (χ1) is 12.7. The monoisotopic (exact) mass is 360 g/mol. The average Bonchev–Trinajstić information content (AvgIpc) is 3.20. The molecular weight excluding hydrogens is 338 g/mol. The van der Waals surface area contributed by atoms with Crippen molar-refractivity contribution in [3.63, 3.8) is 0 Å². The lowest BCUT2D eigenvalue weighted by atomic mass is 10.2. The van der Waals surface area contributed by atoms with E-state index in [0.717, 1.165) is 63.3 Å². The lowest BCUT2D eigenvalue weighted by Gasteiger charge is -2.35. The molecule has 4 rings (SSSR count). The van der Waals surface area contributed by atoms with Gasteiger partial charge in [-0.25, -0.2) is 18.7 Å². The summed E-state index contributed by atoms with van der Waals surface area (Å²) < 4.78 is 27.6. The largest absolute Gasteiger partial charge is 0.356 e. The number of hydrogen-bond acceptors (Lipinski definition) is 6. The third-order valence-corrected chi connectivity index (χ3v) is 5.10. The van der Waals surface area contributed by atoms with Crippen LogP contribution in [0.5, 0.6) is 0 Å². The Morgan fingerprint density at radius 1 is 0.808 bits per heavy atom. The lowest BCUT2D eigenvalue weighted by molar-refractivity contribution is 0.242. The van der Waals surface area contributed by atoms with Crippen molar-refractivity contribution in [2.24, 2.45) is 0 Å². The van der Waals surface area contributed by atoms with Crippen molar-refractivity contribution in [2.45, 2.75) is 19.4 Å². The van der Waals surface area contributed by atoms with E-state index in [4.69, 9.17) is 0 Å². The van der Waals surface area contributed by atoms with Crippen molar-refractivity contribution in [1.82, 2.24) is 19.9 Å². The Balaban J connectivity index is 1.38. The predicted molar refractivity (Wildman–Crippen MR) is 95.1 cm³/mol. The molecule has 0 unspecified atom stereocenters. The fraction of sp³-hybridized carbons (Fsp3) is 0.500. The molecule has 2 aromatic heterocycles. The molecule has 2 fully saturated rings. The second-order valence-corrected chi connectivity index (χ2v) is 6.77. The number of hydrogen-bond donors (Lipinski definition) is 0. The Morgan fingerprint density at radius 3 is 2.00 bits per heavy atom. The average molecular weight is 360 g/mol. The van der Waals surface area contributed by atoms with Gasteiger partial charge in [0, 0.05) is 57.4 Å². The standard InChI is InChI=1S/C18H22F2N6/c19-15-10-21-11-16(20)14(15)12-24-5-7-26(8-6-24)18-9-17(22-13-23-18)25-3-1-2-4-25/h9-11,13H,1-8,12H2. The zero-order valence-electron chi connectivity index (χ0n) is 14.6. The maximum atomic E-state index is 13.8. The van der Waals surface area contributed by atoms with Gasteiger partial charge in [0.2, 0.25) is 0 Å². The highest BCUT2D eigenvalue weighted by Crippen LogP contribution is 2.22. The number of aromatic nitrogens is 3. The molecule has 0 radical (unpaired) electrons. The number of piperazine rings is 1. The minimum absolute atomic E-state index is 0.0896. The van der Waals surface area contributed by atoms with E-state index in [-0.39, 0.29) is 12.1 Å². The number of rotatable bonds is 4. The molecule has 0 aliphatic carbocycles. The maximum absolute atomic E-state index is 13.8. The summed E-state index contributed by atoms with van der Waals surface area (Å²) in [6.45, 7) is 5.35. The van der Waals surface area contributed by atoms with Gasteiger partial charge in [-0.1, -0.05) is 0 Å². The van der Waals surface area contributed by atoms with Crippen molar-refractivity contribution < 1.29 is 8.78 Å².